The predicted octanol–water partition coefficient (Wildman–Crippen LogP) is 2.97. The van der Waals surface area contributed by atoms with Gasteiger partial charge in [0.1, 0.15) is 6.10 Å². The summed E-state index contributed by atoms with van der Waals surface area (Å²) in [5.41, 5.74) is 0.407. The van der Waals surface area contributed by atoms with Crippen molar-refractivity contribution in [3.8, 4) is 0 Å². The third-order valence-corrected chi connectivity index (χ3v) is 3.22. The molecular weight excluding hydrogens is 176 g/mol. The summed E-state index contributed by atoms with van der Waals surface area (Å²) in [4.78, 5) is 10.7. The van der Waals surface area contributed by atoms with Crippen LogP contribution < -0.4 is 0 Å². The minimum atomic E-state index is -0.402. The molecule has 1 rings (SSSR count). The molecule has 0 aromatic rings. The number of esters is 1. The van der Waals surface area contributed by atoms with Crippen molar-refractivity contribution in [2.75, 3.05) is 0 Å². The summed E-state index contributed by atoms with van der Waals surface area (Å²) in [5.74, 6) is 0.116. The summed E-state index contributed by atoms with van der Waals surface area (Å²) in [6.07, 6.45) is 4.89. The molecule has 81 valence electrons. The highest BCUT2D eigenvalue weighted by atomic mass is 16.5. The molecule has 0 aromatic heterocycles. The highest BCUT2D eigenvalue weighted by molar-refractivity contribution is 5.73. The van der Waals surface area contributed by atoms with Crippen LogP contribution >= 0.6 is 0 Å². The van der Waals surface area contributed by atoms with Crippen molar-refractivity contribution in [2.24, 2.45) is 11.3 Å². The zero-order valence-corrected chi connectivity index (χ0v) is 9.51. The third-order valence-electron chi connectivity index (χ3n) is 3.22. The van der Waals surface area contributed by atoms with Crippen molar-refractivity contribution in [3.63, 3.8) is 0 Å². The van der Waals surface area contributed by atoms with Gasteiger partial charge in [0.2, 0.25) is 0 Å². The van der Waals surface area contributed by atoms with E-state index in [2.05, 4.69) is 20.8 Å². The molecule has 1 aliphatic carbocycles. The second kappa shape index (κ2) is 4.33. The molecule has 1 fully saturated rings. The Labute approximate surface area is 87.0 Å². The molecule has 0 aliphatic heterocycles. The number of carbonyl (C=O) groups is 1. The summed E-state index contributed by atoms with van der Waals surface area (Å²) >= 11 is 0. The zero-order chi connectivity index (χ0) is 10.8. The molecule has 0 spiro atoms. The van der Waals surface area contributed by atoms with Gasteiger partial charge in [0.05, 0.1) is 6.92 Å². The molecule has 2 nitrogen and oxygen atoms in total. The average molecular weight is 197 g/mol. The van der Waals surface area contributed by atoms with Crippen molar-refractivity contribution in [2.45, 2.75) is 52.6 Å². The Kier molecular flexibility index (Phi) is 3.57. The van der Waals surface area contributed by atoms with E-state index in [0.29, 0.717) is 11.3 Å². The maximum atomic E-state index is 10.7. The SMILES string of the molecule is [CH2]C(=O)OC(C)C1CCCC(C)(C)C1. The van der Waals surface area contributed by atoms with Crippen molar-refractivity contribution in [1.29, 1.82) is 0 Å². The number of hydrogen-bond donors (Lipinski definition) is 0. The second-order valence-electron chi connectivity index (χ2n) is 5.22. The van der Waals surface area contributed by atoms with E-state index >= 15 is 0 Å². The largest absolute Gasteiger partial charge is 0.462 e. The smallest absolute Gasteiger partial charge is 0.306 e. The topological polar surface area (TPSA) is 26.3 Å². The molecule has 0 amide bonds. The van der Waals surface area contributed by atoms with Gasteiger partial charge in [-0.25, -0.2) is 0 Å². The van der Waals surface area contributed by atoms with Crippen LogP contribution in [0.5, 0.6) is 0 Å². The third kappa shape index (κ3) is 3.32. The minimum absolute atomic E-state index is 0.0274. The Hall–Kier alpha value is -0.530. The maximum absolute atomic E-state index is 10.7. The molecule has 0 saturated heterocycles. The standard InChI is InChI=1S/C12H21O2/c1-9(14-10(2)13)11-6-5-7-12(3,4)8-11/h9,11H,2,5-8H2,1,3-4H3. The molecule has 0 aromatic carbocycles. The molecule has 0 heterocycles. The molecule has 1 radical (unpaired) electrons. The minimum Gasteiger partial charge on any atom is -0.462 e. The lowest BCUT2D eigenvalue weighted by Crippen LogP contribution is -2.31. The van der Waals surface area contributed by atoms with E-state index in [9.17, 15) is 4.79 Å². The van der Waals surface area contributed by atoms with Gasteiger partial charge in [-0.2, -0.15) is 0 Å². The predicted molar refractivity (Wildman–Crippen MR) is 56.7 cm³/mol. The van der Waals surface area contributed by atoms with Gasteiger partial charge in [-0.1, -0.05) is 20.3 Å². The van der Waals surface area contributed by atoms with Crippen LogP contribution in [-0.4, -0.2) is 12.1 Å². The van der Waals surface area contributed by atoms with Gasteiger partial charge in [0.15, 0.2) is 0 Å². The normalized spacial score (nSPS) is 28.1. The first-order valence-corrected chi connectivity index (χ1v) is 5.43. The first-order chi connectivity index (χ1) is 6.41. The molecular formula is C12H21O2. The molecule has 2 heteroatoms. The Morgan fingerprint density at radius 3 is 2.71 bits per heavy atom. The lowest BCUT2D eigenvalue weighted by Gasteiger charge is -2.37. The monoisotopic (exact) mass is 197 g/mol. The molecule has 0 N–H and O–H groups in total. The fraction of sp³-hybridized carbons (Fsp3) is 0.833. The van der Waals surface area contributed by atoms with Gasteiger partial charge in [-0.05, 0) is 37.5 Å². The highest BCUT2D eigenvalue weighted by Gasteiger charge is 2.31. The van der Waals surface area contributed by atoms with Crippen molar-refractivity contribution in [1.82, 2.24) is 0 Å². The average Bonchev–Trinajstić information content (AvgIpc) is 2.01. The van der Waals surface area contributed by atoms with Gasteiger partial charge in [-0.3, -0.25) is 4.79 Å². The zero-order valence-electron chi connectivity index (χ0n) is 9.51. The Morgan fingerprint density at radius 2 is 2.21 bits per heavy atom. The van der Waals surface area contributed by atoms with Crippen LogP contribution in [-0.2, 0) is 9.53 Å². The van der Waals surface area contributed by atoms with E-state index in [4.69, 9.17) is 4.74 Å². The van der Waals surface area contributed by atoms with Crippen LogP contribution in [0, 0.1) is 18.3 Å². The van der Waals surface area contributed by atoms with Crippen LogP contribution in [0.2, 0.25) is 0 Å². The Balaban J connectivity index is 2.47. The maximum Gasteiger partial charge on any atom is 0.306 e. The van der Waals surface area contributed by atoms with E-state index in [0.717, 1.165) is 6.42 Å². The van der Waals surface area contributed by atoms with Gasteiger partial charge in [-0.15, -0.1) is 0 Å². The van der Waals surface area contributed by atoms with Crippen LogP contribution in [0.25, 0.3) is 0 Å². The number of carbonyl (C=O) groups excluding carboxylic acids is 1. The van der Waals surface area contributed by atoms with Crippen molar-refractivity contribution in [3.05, 3.63) is 6.92 Å². The van der Waals surface area contributed by atoms with Crippen LogP contribution in [0.3, 0.4) is 0 Å². The first kappa shape index (κ1) is 11.5. The summed E-state index contributed by atoms with van der Waals surface area (Å²) in [6, 6.07) is 0. The van der Waals surface area contributed by atoms with E-state index in [1.165, 1.54) is 19.3 Å². The van der Waals surface area contributed by atoms with Gasteiger partial charge >= 0.3 is 5.97 Å². The van der Waals surface area contributed by atoms with E-state index < -0.39 is 5.97 Å². The van der Waals surface area contributed by atoms with E-state index in [1.807, 2.05) is 6.92 Å². The Bertz CT molecular complexity index is 208. The molecule has 14 heavy (non-hydrogen) atoms. The fourth-order valence-corrected chi connectivity index (χ4v) is 2.46. The first-order valence-electron chi connectivity index (χ1n) is 5.43. The molecule has 2 unspecified atom stereocenters. The van der Waals surface area contributed by atoms with Crippen LogP contribution in [0.15, 0.2) is 0 Å². The van der Waals surface area contributed by atoms with Crippen molar-refractivity contribution >= 4 is 5.97 Å². The summed E-state index contributed by atoms with van der Waals surface area (Å²) in [5, 5.41) is 0. The fourth-order valence-electron chi connectivity index (χ4n) is 2.46. The number of rotatable bonds is 2. The highest BCUT2D eigenvalue weighted by Crippen LogP contribution is 2.40. The summed E-state index contributed by atoms with van der Waals surface area (Å²) in [7, 11) is 0. The quantitative estimate of drug-likeness (QED) is 0.636. The lowest BCUT2D eigenvalue weighted by atomic mass is 9.71. The van der Waals surface area contributed by atoms with E-state index in [1.54, 1.807) is 0 Å². The molecule has 1 saturated carbocycles. The second-order valence-corrected chi connectivity index (χ2v) is 5.22. The lowest BCUT2D eigenvalue weighted by molar-refractivity contribution is -0.146. The summed E-state index contributed by atoms with van der Waals surface area (Å²) in [6.45, 7) is 9.81. The molecule has 0 bridgehead atoms. The van der Waals surface area contributed by atoms with Crippen LogP contribution in [0.1, 0.15) is 46.5 Å². The number of hydrogen-bond acceptors (Lipinski definition) is 2. The number of ether oxygens (including phenoxy) is 1. The van der Waals surface area contributed by atoms with Crippen LogP contribution in [0.4, 0.5) is 0 Å². The summed E-state index contributed by atoms with van der Waals surface area (Å²) < 4.78 is 5.13. The Morgan fingerprint density at radius 1 is 1.57 bits per heavy atom. The molecule has 1 aliphatic rings. The van der Waals surface area contributed by atoms with Crippen molar-refractivity contribution < 1.29 is 9.53 Å². The van der Waals surface area contributed by atoms with E-state index in [-0.39, 0.29) is 6.10 Å². The van der Waals surface area contributed by atoms with Gasteiger partial charge in [0.25, 0.3) is 0 Å². The van der Waals surface area contributed by atoms with Gasteiger partial charge < -0.3 is 4.74 Å². The molecule has 2 atom stereocenters. The van der Waals surface area contributed by atoms with Gasteiger partial charge in [0, 0.05) is 0 Å².